The van der Waals surface area contributed by atoms with E-state index in [1.165, 1.54) is 34.7 Å². The van der Waals surface area contributed by atoms with Crippen molar-refractivity contribution in [3.63, 3.8) is 0 Å². The second-order valence-electron chi connectivity index (χ2n) is 3.64. The summed E-state index contributed by atoms with van der Waals surface area (Å²) in [7, 11) is 0. The lowest BCUT2D eigenvalue weighted by molar-refractivity contribution is -0.384. The summed E-state index contributed by atoms with van der Waals surface area (Å²) in [6, 6.07) is 3.18. The molecule has 0 aliphatic carbocycles. The Bertz CT molecular complexity index is 734. The Kier molecular flexibility index (Phi) is 2.30. The van der Waals surface area contributed by atoms with Gasteiger partial charge in [0.05, 0.1) is 20.1 Å². The van der Waals surface area contributed by atoms with Crippen molar-refractivity contribution in [2.24, 2.45) is 0 Å². The van der Waals surface area contributed by atoms with Crippen LogP contribution in [0, 0.1) is 17.0 Å². The highest BCUT2D eigenvalue weighted by atomic mass is 32.1. The Morgan fingerprint density at radius 2 is 2.28 bits per heavy atom. The van der Waals surface area contributed by atoms with Crippen LogP contribution in [0.15, 0.2) is 24.8 Å². The number of hydrogen-bond acceptors (Lipinski definition) is 6. The van der Waals surface area contributed by atoms with Gasteiger partial charge in [-0.05, 0) is 13.0 Å². The predicted octanol–water partition coefficient (Wildman–Crippen LogP) is 2.09. The lowest BCUT2D eigenvalue weighted by Crippen LogP contribution is -2.00. The van der Waals surface area contributed by atoms with Crippen molar-refractivity contribution in [1.82, 2.24) is 19.7 Å². The van der Waals surface area contributed by atoms with Gasteiger partial charge in [-0.2, -0.15) is 5.10 Å². The molecule has 3 rings (SSSR count). The van der Waals surface area contributed by atoms with Crippen LogP contribution in [0.3, 0.4) is 0 Å². The molecule has 3 aromatic rings. The van der Waals surface area contributed by atoms with Crippen LogP contribution in [0.2, 0.25) is 0 Å². The second kappa shape index (κ2) is 3.84. The molecule has 0 fully saturated rings. The van der Waals surface area contributed by atoms with Gasteiger partial charge in [0.25, 0.3) is 5.69 Å². The molecule has 0 bridgehead atoms. The SMILES string of the molecule is Cc1nc2cc(-n3cncn3)c([N+](=O)[O-])cc2s1. The number of hydrogen-bond donors (Lipinski definition) is 0. The van der Waals surface area contributed by atoms with E-state index in [1.54, 1.807) is 6.07 Å². The fourth-order valence-electron chi connectivity index (χ4n) is 1.73. The summed E-state index contributed by atoms with van der Waals surface area (Å²) in [4.78, 5) is 18.8. The molecule has 0 saturated carbocycles. The first-order valence-electron chi connectivity index (χ1n) is 5.06. The molecule has 2 aromatic heterocycles. The average molecular weight is 261 g/mol. The number of nitro groups is 1. The van der Waals surface area contributed by atoms with Gasteiger partial charge in [-0.25, -0.2) is 14.6 Å². The molecule has 0 radical (unpaired) electrons. The van der Waals surface area contributed by atoms with Gasteiger partial charge in [-0.1, -0.05) is 0 Å². The lowest BCUT2D eigenvalue weighted by atomic mass is 10.2. The van der Waals surface area contributed by atoms with Crippen molar-refractivity contribution in [2.75, 3.05) is 0 Å². The third-order valence-electron chi connectivity index (χ3n) is 2.45. The maximum Gasteiger partial charge on any atom is 0.296 e. The topological polar surface area (TPSA) is 86.7 Å². The molecule has 0 aliphatic rings. The molecule has 1 aromatic carbocycles. The Morgan fingerprint density at radius 1 is 1.44 bits per heavy atom. The molecule has 18 heavy (non-hydrogen) atoms. The van der Waals surface area contributed by atoms with Gasteiger partial charge in [0.15, 0.2) is 0 Å². The number of benzene rings is 1. The number of rotatable bonds is 2. The minimum atomic E-state index is -0.425. The van der Waals surface area contributed by atoms with E-state index in [0.29, 0.717) is 5.69 Å². The molecular weight excluding hydrogens is 254 g/mol. The summed E-state index contributed by atoms with van der Waals surface area (Å²) in [6.07, 6.45) is 2.76. The van der Waals surface area contributed by atoms with E-state index in [9.17, 15) is 10.1 Å². The van der Waals surface area contributed by atoms with E-state index in [0.717, 1.165) is 15.2 Å². The van der Waals surface area contributed by atoms with Crippen LogP contribution in [-0.4, -0.2) is 24.7 Å². The first kappa shape index (κ1) is 10.8. The molecule has 7 nitrogen and oxygen atoms in total. The van der Waals surface area contributed by atoms with Crippen molar-refractivity contribution >= 4 is 27.2 Å². The summed E-state index contributed by atoms with van der Waals surface area (Å²) in [6.45, 7) is 1.87. The van der Waals surface area contributed by atoms with Gasteiger partial charge in [0, 0.05) is 6.07 Å². The Hall–Kier alpha value is -2.35. The first-order chi connectivity index (χ1) is 8.65. The van der Waals surface area contributed by atoms with Crippen LogP contribution in [0.4, 0.5) is 5.69 Å². The highest BCUT2D eigenvalue weighted by molar-refractivity contribution is 7.18. The summed E-state index contributed by atoms with van der Waals surface area (Å²) in [5, 5.41) is 15.9. The lowest BCUT2D eigenvalue weighted by Gasteiger charge is -2.01. The summed E-state index contributed by atoms with van der Waals surface area (Å²) < 4.78 is 2.16. The highest BCUT2D eigenvalue weighted by Gasteiger charge is 2.18. The minimum Gasteiger partial charge on any atom is -0.258 e. The molecule has 0 spiro atoms. The molecule has 0 atom stereocenters. The molecule has 90 valence electrons. The smallest absolute Gasteiger partial charge is 0.258 e. The zero-order chi connectivity index (χ0) is 12.7. The maximum atomic E-state index is 11.1. The molecule has 0 saturated heterocycles. The molecule has 0 N–H and O–H groups in total. The van der Waals surface area contributed by atoms with Crippen LogP contribution >= 0.6 is 11.3 Å². The van der Waals surface area contributed by atoms with Crippen LogP contribution < -0.4 is 0 Å². The van der Waals surface area contributed by atoms with Crippen molar-refractivity contribution in [1.29, 1.82) is 0 Å². The largest absolute Gasteiger partial charge is 0.296 e. The summed E-state index contributed by atoms with van der Waals surface area (Å²) in [5.74, 6) is 0. The number of aryl methyl sites for hydroxylation is 1. The Labute approximate surface area is 105 Å². The third-order valence-corrected chi connectivity index (χ3v) is 3.39. The van der Waals surface area contributed by atoms with Gasteiger partial charge < -0.3 is 0 Å². The summed E-state index contributed by atoms with van der Waals surface area (Å²) >= 11 is 1.43. The number of nitro benzene ring substituents is 1. The van der Waals surface area contributed by atoms with Gasteiger partial charge in [0.1, 0.15) is 18.3 Å². The third kappa shape index (κ3) is 1.63. The van der Waals surface area contributed by atoms with Crippen molar-refractivity contribution < 1.29 is 4.92 Å². The molecule has 8 heteroatoms. The van der Waals surface area contributed by atoms with Crippen molar-refractivity contribution in [3.8, 4) is 5.69 Å². The standard InChI is InChI=1S/C10H7N5O2S/c1-6-13-7-2-8(14-5-11-4-12-14)9(15(16)17)3-10(7)18-6/h2-5H,1H3. The van der Waals surface area contributed by atoms with Gasteiger partial charge in [-0.15, -0.1) is 11.3 Å². The van der Waals surface area contributed by atoms with E-state index in [-0.39, 0.29) is 5.69 Å². The zero-order valence-corrected chi connectivity index (χ0v) is 10.1. The second-order valence-corrected chi connectivity index (χ2v) is 4.87. The average Bonchev–Trinajstić information content (AvgIpc) is 2.93. The van der Waals surface area contributed by atoms with Crippen molar-refractivity contribution in [3.05, 3.63) is 39.9 Å². The molecule has 0 amide bonds. The van der Waals surface area contributed by atoms with Gasteiger partial charge in [-0.3, -0.25) is 10.1 Å². The van der Waals surface area contributed by atoms with E-state index < -0.39 is 4.92 Å². The van der Waals surface area contributed by atoms with E-state index in [1.807, 2.05) is 6.92 Å². The van der Waals surface area contributed by atoms with Crippen LogP contribution in [0.25, 0.3) is 15.9 Å². The van der Waals surface area contributed by atoms with E-state index in [4.69, 9.17) is 0 Å². The monoisotopic (exact) mass is 261 g/mol. The highest BCUT2D eigenvalue weighted by Crippen LogP contribution is 2.31. The predicted molar refractivity (Wildman–Crippen MR) is 65.9 cm³/mol. The molecular formula is C10H7N5O2S. The fraction of sp³-hybridized carbons (Fsp3) is 0.100. The van der Waals surface area contributed by atoms with Crippen LogP contribution in [-0.2, 0) is 0 Å². The number of fused-ring (bicyclic) bond motifs is 1. The van der Waals surface area contributed by atoms with E-state index >= 15 is 0 Å². The number of thiazole rings is 1. The first-order valence-corrected chi connectivity index (χ1v) is 5.87. The van der Waals surface area contributed by atoms with Crippen LogP contribution in [0.5, 0.6) is 0 Å². The van der Waals surface area contributed by atoms with Crippen molar-refractivity contribution in [2.45, 2.75) is 6.92 Å². The quantitative estimate of drug-likeness (QED) is 0.520. The van der Waals surface area contributed by atoms with Gasteiger partial charge in [0.2, 0.25) is 0 Å². The minimum absolute atomic E-state index is 0.00310. The normalized spacial score (nSPS) is 10.9. The fourth-order valence-corrected chi connectivity index (χ4v) is 2.57. The Morgan fingerprint density at radius 3 is 2.94 bits per heavy atom. The van der Waals surface area contributed by atoms with Gasteiger partial charge >= 0.3 is 0 Å². The molecule has 2 heterocycles. The van der Waals surface area contributed by atoms with Crippen LogP contribution in [0.1, 0.15) is 5.01 Å². The van der Waals surface area contributed by atoms with E-state index in [2.05, 4.69) is 15.1 Å². The summed E-state index contributed by atoms with van der Waals surface area (Å²) in [5.41, 5.74) is 1.10. The zero-order valence-electron chi connectivity index (χ0n) is 9.27. The molecule has 0 aliphatic heterocycles. The number of nitrogens with zero attached hydrogens (tertiary/aromatic N) is 5. The number of aromatic nitrogens is 4. The maximum absolute atomic E-state index is 11.1. The Balaban J connectivity index is 2.33. The molecule has 0 unspecified atom stereocenters.